The van der Waals surface area contributed by atoms with Gasteiger partial charge in [-0.1, -0.05) is 0 Å². The van der Waals surface area contributed by atoms with Crippen LogP contribution in [0.15, 0.2) is 0 Å². The van der Waals surface area contributed by atoms with Crippen LogP contribution in [0.2, 0.25) is 0 Å². The molecule has 0 aromatic carbocycles. The second kappa shape index (κ2) is 10.1. The average molecular weight is 443 g/mol. The van der Waals surface area contributed by atoms with E-state index in [1.807, 2.05) is 0 Å². The first-order chi connectivity index (χ1) is 6.00. The SMILES string of the molecule is O=S(=O)([O-])O.O=S(=O)([O-])O.O=S(=O)([O-])O.[Eu+3]. The summed E-state index contributed by atoms with van der Waals surface area (Å²) in [6, 6.07) is 0. The van der Waals surface area contributed by atoms with Gasteiger partial charge in [0.1, 0.15) is 0 Å². The molecule has 0 aliphatic heterocycles. The Morgan fingerprint density at radius 3 is 0.562 bits per heavy atom. The molecule has 0 fully saturated rings. The third-order valence-electron chi connectivity index (χ3n) is 0. The van der Waals surface area contributed by atoms with Gasteiger partial charge in [0.15, 0.2) is 0 Å². The maximum absolute atomic E-state index is 8.63. The molecule has 100 valence electrons. The molecule has 12 nitrogen and oxygen atoms in total. The van der Waals surface area contributed by atoms with Gasteiger partial charge in [-0.3, -0.25) is 13.7 Å². The summed E-state index contributed by atoms with van der Waals surface area (Å²) < 4.78 is 98.5. The minimum atomic E-state index is -4.92. The fraction of sp³-hybridized carbons (Fsp3) is 0. The molecule has 0 saturated heterocycles. The number of rotatable bonds is 0. The third kappa shape index (κ3) is 2150. The molecule has 0 bridgehead atoms. The molecule has 0 amide bonds. The van der Waals surface area contributed by atoms with Gasteiger partial charge in [-0.15, -0.1) is 0 Å². The van der Waals surface area contributed by atoms with E-state index in [-0.39, 0.29) is 49.4 Å². The zero-order chi connectivity index (χ0) is 13.5. The van der Waals surface area contributed by atoms with Crippen molar-refractivity contribution in [3.05, 3.63) is 0 Å². The first-order valence-electron chi connectivity index (χ1n) is 2.05. The van der Waals surface area contributed by atoms with Gasteiger partial charge in [0.2, 0.25) is 31.2 Å². The molecular formula is H3EuO12S3. The normalized spacial score (nSPS) is 10.9. The van der Waals surface area contributed by atoms with Gasteiger partial charge in [0, 0.05) is 0 Å². The van der Waals surface area contributed by atoms with Crippen LogP contribution in [0.3, 0.4) is 0 Å². The third-order valence-corrected chi connectivity index (χ3v) is 0. The van der Waals surface area contributed by atoms with Crippen LogP contribution < -0.4 is 0 Å². The molecule has 0 saturated carbocycles. The molecule has 16 heavy (non-hydrogen) atoms. The minimum absolute atomic E-state index is 0. The zero-order valence-corrected chi connectivity index (χ0v) is 11.5. The van der Waals surface area contributed by atoms with Crippen LogP contribution in [0.4, 0.5) is 0 Å². The second-order valence-corrected chi connectivity index (χ2v) is 3.85. The van der Waals surface area contributed by atoms with Crippen molar-refractivity contribution in [2.24, 2.45) is 0 Å². The van der Waals surface area contributed by atoms with Crippen LogP contribution >= 0.6 is 0 Å². The second-order valence-electron chi connectivity index (χ2n) is 1.28. The summed E-state index contributed by atoms with van der Waals surface area (Å²) in [6.07, 6.45) is 0. The van der Waals surface area contributed by atoms with E-state index in [2.05, 4.69) is 0 Å². The standard InChI is InChI=1S/Eu.3H2O4S/c;3*1-5(2,3)4/h;3*(H2,1,2,3,4)/q+3;;;/p-3. The monoisotopic (exact) mass is 444 g/mol. The van der Waals surface area contributed by atoms with Gasteiger partial charge in [0.25, 0.3) is 0 Å². The van der Waals surface area contributed by atoms with Crippen molar-refractivity contribution in [2.45, 2.75) is 0 Å². The van der Waals surface area contributed by atoms with Crippen molar-refractivity contribution in [1.29, 1.82) is 0 Å². The predicted octanol–water partition coefficient (Wildman–Crippen LogP) is -2.99. The van der Waals surface area contributed by atoms with E-state index in [1.54, 1.807) is 0 Å². The molecule has 0 radical (unpaired) electrons. The van der Waals surface area contributed by atoms with Crippen LogP contribution in [0.1, 0.15) is 0 Å². The van der Waals surface area contributed by atoms with Crippen molar-refractivity contribution in [3.63, 3.8) is 0 Å². The number of hydrogen-bond donors (Lipinski definition) is 3. The molecule has 0 aromatic heterocycles. The fourth-order valence-electron chi connectivity index (χ4n) is 0. The van der Waals surface area contributed by atoms with Crippen molar-refractivity contribution < 1.29 is 102 Å². The summed E-state index contributed by atoms with van der Waals surface area (Å²) in [4.78, 5) is 0. The Morgan fingerprint density at radius 1 is 0.562 bits per heavy atom. The quantitative estimate of drug-likeness (QED) is 0.251. The van der Waals surface area contributed by atoms with E-state index in [1.165, 1.54) is 0 Å². The molecule has 0 heterocycles. The molecule has 0 aromatic rings. The molecule has 3 N–H and O–H groups in total. The van der Waals surface area contributed by atoms with E-state index in [0.717, 1.165) is 0 Å². The molecule has 16 heteroatoms. The van der Waals surface area contributed by atoms with Crippen molar-refractivity contribution in [3.8, 4) is 0 Å². The smallest absolute Gasteiger partial charge is 0.726 e. The van der Waals surface area contributed by atoms with Crippen molar-refractivity contribution in [1.82, 2.24) is 0 Å². The predicted molar refractivity (Wildman–Crippen MR) is 37.0 cm³/mol. The summed E-state index contributed by atoms with van der Waals surface area (Å²) in [5.74, 6) is 0. The minimum Gasteiger partial charge on any atom is -0.726 e. The Balaban J connectivity index is -0.0000000655. The summed E-state index contributed by atoms with van der Waals surface area (Å²) in [6.45, 7) is 0. The number of hydrogen-bond acceptors (Lipinski definition) is 9. The summed E-state index contributed by atoms with van der Waals surface area (Å²) in [5.41, 5.74) is 0. The van der Waals surface area contributed by atoms with Gasteiger partial charge in [-0.25, -0.2) is 25.3 Å². The first-order valence-corrected chi connectivity index (χ1v) is 6.14. The van der Waals surface area contributed by atoms with Gasteiger partial charge in [-0.05, 0) is 0 Å². The van der Waals surface area contributed by atoms with Gasteiger partial charge < -0.3 is 13.7 Å². The summed E-state index contributed by atoms with van der Waals surface area (Å²) >= 11 is 0. The van der Waals surface area contributed by atoms with Crippen molar-refractivity contribution >= 4 is 31.2 Å². The maximum Gasteiger partial charge on any atom is 3.00 e. The molecule has 0 aliphatic rings. The summed E-state index contributed by atoms with van der Waals surface area (Å²) in [5, 5.41) is 0. The Hall–Kier alpha value is 1.19. The molecule has 0 unspecified atom stereocenters. The Labute approximate surface area is 131 Å². The molecule has 0 atom stereocenters. The Kier molecular flexibility index (Phi) is 16.4. The molecule has 0 rings (SSSR count). The topological polar surface area (TPSA) is 232 Å². The van der Waals surface area contributed by atoms with Gasteiger partial charge >= 0.3 is 49.4 Å². The average Bonchev–Trinajstić information content (AvgIpc) is 1.41. The van der Waals surface area contributed by atoms with Crippen LogP contribution in [-0.2, 0) is 31.2 Å². The fourth-order valence-corrected chi connectivity index (χ4v) is 0. The van der Waals surface area contributed by atoms with Crippen LogP contribution in [0.25, 0.3) is 0 Å². The largest absolute Gasteiger partial charge is 3.00 e. The van der Waals surface area contributed by atoms with E-state index in [4.69, 9.17) is 52.6 Å². The maximum atomic E-state index is 8.63. The van der Waals surface area contributed by atoms with Crippen LogP contribution in [0.5, 0.6) is 0 Å². The van der Waals surface area contributed by atoms with E-state index in [9.17, 15) is 0 Å². The summed E-state index contributed by atoms with van der Waals surface area (Å²) in [7, 11) is -14.7. The first kappa shape index (κ1) is 25.9. The zero-order valence-electron chi connectivity index (χ0n) is 6.62. The van der Waals surface area contributed by atoms with E-state index < -0.39 is 31.2 Å². The van der Waals surface area contributed by atoms with Crippen LogP contribution in [0, 0.1) is 49.4 Å². The molecule has 0 aliphatic carbocycles. The molecule has 0 spiro atoms. The van der Waals surface area contributed by atoms with Gasteiger partial charge in [-0.2, -0.15) is 0 Å². The van der Waals surface area contributed by atoms with E-state index in [0.29, 0.717) is 0 Å². The van der Waals surface area contributed by atoms with Crippen molar-refractivity contribution in [2.75, 3.05) is 0 Å². The van der Waals surface area contributed by atoms with Crippen LogP contribution in [-0.4, -0.2) is 52.6 Å². The molecular weight excluding hydrogens is 440 g/mol. The van der Waals surface area contributed by atoms with E-state index >= 15 is 0 Å². The van der Waals surface area contributed by atoms with Gasteiger partial charge in [0.05, 0.1) is 0 Å². The Bertz CT molecular complexity index is 337. The Morgan fingerprint density at radius 2 is 0.562 bits per heavy atom.